The van der Waals surface area contributed by atoms with Crippen molar-refractivity contribution in [2.24, 2.45) is 0 Å². The lowest BCUT2D eigenvalue weighted by molar-refractivity contribution is 0.0733. The molecule has 0 radical (unpaired) electrons. The van der Waals surface area contributed by atoms with Crippen LogP contribution in [0.4, 0.5) is 0 Å². The fourth-order valence-electron chi connectivity index (χ4n) is 3.60. The Labute approximate surface area is 146 Å². The van der Waals surface area contributed by atoms with Crippen molar-refractivity contribution in [3.63, 3.8) is 0 Å². The summed E-state index contributed by atoms with van der Waals surface area (Å²) in [5, 5.41) is 0.604. The second kappa shape index (κ2) is 6.20. The van der Waals surface area contributed by atoms with Gasteiger partial charge in [-0.1, -0.05) is 36.4 Å². The molecule has 4 rings (SSSR count). The summed E-state index contributed by atoms with van der Waals surface area (Å²) in [6.45, 7) is 3.94. The Morgan fingerprint density at radius 3 is 2.56 bits per heavy atom. The van der Waals surface area contributed by atoms with Gasteiger partial charge in [0.05, 0.1) is 5.52 Å². The molecule has 1 aliphatic rings. The molecule has 1 aliphatic heterocycles. The van der Waals surface area contributed by atoms with Gasteiger partial charge in [0.15, 0.2) is 0 Å². The Morgan fingerprint density at radius 2 is 1.76 bits per heavy atom. The van der Waals surface area contributed by atoms with Crippen LogP contribution in [0.2, 0.25) is 0 Å². The van der Waals surface area contributed by atoms with Crippen LogP contribution < -0.4 is 5.43 Å². The first kappa shape index (κ1) is 15.6. The summed E-state index contributed by atoms with van der Waals surface area (Å²) < 4.78 is 1.97. The summed E-state index contributed by atoms with van der Waals surface area (Å²) in [5.41, 5.74) is 3.41. The predicted molar refractivity (Wildman–Crippen MR) is 98.8 cm³/mol. The van der Waals surface area contributed by atoms with Gasteiger partial charge in [0.1, 0.15) is 5.56 Å². The molecule has 0 fully saturated rings. The zero-order chi connectivity index (χ0) is 17.4. The number of amides is 1. The number of para-hydroxylation sites is 1. The van der Waals surface area contributed by atoms with Gasteiger partial charge in [-0.2, -0.15) is 0 Å². The van der Waals surface area contributed by atoms with Crippen molar-refractivity contribution < 1.29 is 4.79 Å². The third-order valence-corrected chi connectivity index (χ3v) is 4.98. The van der Waals surface area contributed by atoms with Crippen molar-refractivity contribution in [2.75, 3.05) is 6.54 Å². The van der Waals surface area contributed by atoms with Crippen LogP contribution >= 0.6 is 0 Å². The first-order valence-corrected chi connectivity index (χ1v) is 8.67. The molecular formula is C21H20N2O2. The van der Waals surface area contributed by atoms with Crippen LogP contribution in [0.5, 0.6) is 0 Å². The van der Waals surface area contributed by atoms with Gasteiger partial charge in [0.25, 0.3) is 5.91 Å². The van der Waals surface area contributed by atoms with Crippen molar-refractivity contribution in [3.05, 3.63) is 81.6 Å². The molecule has 126 valence electrons. The Morgan fingerprint density at radius 1 is 1.04 bits per heavy atom. The van der Waals surface area contributed by atoms with Gasteiger partial charge in [-0.3, -0.25) is 9.59 Å². The smallest absolute Gasteiger partial charge is 0.259 e. The fourth-order valence-corrected chi connectivity index (χ4v) is 3.60. The molecule has 4 heteroatoms. The number of pyridine rings is 1. The first-order chi connectivity index (χ1) is 12.2. The van der Waals surface area contributed by atoms with Gasteiger partial charge in [0, 0.05) is 31.2 Å². The molecule has 3 aromatic rings. The van der Waals surface area contributed by atoms with Crippen LogP contribution in [0.1, 0.15) is 28.4 Å². The van der Waals surface area contributed by atoms with E-state index in [1.807, 2.05) is 41.8 Å². The summed E-state index contributed by atoms with van der Waals surface area (Å²) in [4.78, 5) is 27.7. The summed E-state index contributed by atoms with van der Waals surface area (Å²) in [6.07, 6.45) is 2.55. The number of aryl methyl sites for hydroxylation is 1. The van der Waals surface area contributed by atoms with E-state index in [0.717, 1.165) is 11.9 Å². The first-order valence-electron chi connectivity index (χ1n) is 8.67. The highest BCUT2D eigenvalue weighted by atomic mass is 16.2. The quantitative estimate of drug-likeness (QED) is 0.723. The second-order valence-electron chi connectivity index (χ2n) is 6.42. The van der Waals surface area contributed by atoms with Crippen LogP contribution in [0.25, 0.3) is 10.9 Å². The van der Waals surface area contributed by atoms with Crippen molar-refractivity contribution in [1.29, 1.82) is 0 Å². The van der Waals surface area contributed by atoms with Crippen LogP contribution in [-0.2, 0) is 19.5 Å². The Hall–Kier alpha value is -2.88. The number of rotatable bonds is 2. The standard InChI is InChI=1S/C21H20N2O2/c1-2-22-14-18(20(24)17-9-5-6-10-19(17)22)21(25)23-12-11-15-7-3-4-8-16(15)13-23/h3-10,14H,2,11-13H2,1H3. The number of hydrogen-bond donors (Lipinski definition) is 0. The van der Waals surface area contributed by atoms with E-state index in [2.05, 4.69) is 12.1 Å². The van der Waals surface area contributed by atoms with Crippen LogP contribution in [0, 0.1) is 0 Å². The normalized spacial score (nSPS) is 13.7. The third kappa shape index (κ3) is 2.64. The minimum Gasteiger partial charge on any atom is -0.347 e. The monoisotopic (exact) mass is 332 g/mol. The van der Waals surface area contributed by atoms with Gasteiger partial charge in [0.2, 0.25) is 5.43 Å². The molecule has 25 heavy (non-hydrogen) atoms. The van der Waals surface area contributed by atoms with Crippen LogP contribution in [0.3, 0.4) is 0 Å². The largest absolute Gasteiger partial charge is 0.347 e. The number of fused-ring (bicyclic) bond motifs is 2. The predicted octanol–water partition coefficient (Wildman–Crippen LogP) is 3.22. The molecule has 0 saturated carbocycles. The molecule has 0 bridgehead atoms. The maximum atomic E-state index is 13.1. The van der Waals surface area contributed by atoms with E-state index in [-0.39, 0.29) is 16.9 Å². The van der Waals surface area contributed by atoms with Gasteiger partial charge >= 0.3 is 0 Å². The SMILES string of the molecule is CCn1cc(C(=O)N2CCc3ccccc3C2)c(=O)c2ccccc21. The van der Waals surface area contributed by atoms with Crippen LogP contribution in [0.15, 0.2) is 59.5 Å². The number of nitrogens with zero attached hydrogens (tertiary/aromatic N) is 2. The molecule has 0 N–H and O–H groups in total. The lowest BCUT2D eigenvalue weighted by Gasteiger charge is -2.29. The Bertz CT molecular complexity index is 1020. The summed E-state index contributed by atoms with van der Waals surface area (Å²) >= 11 is 0. The minimum atomic E-state index is -0.177. The molecule has 0 aliphatic carbocycles. The van der Waals surface area contributed by atoms with E-state index in [1.165, 1.54) is 11.1 Å². The average Bonchev–Trinajstić information content (AvgIpc) is 2.67. The van der Waals surface area contributed by atoms with Gasteiger partial charge in [-0.25, -0.2) is 0 Å². The molecule has 2 heterocycles. The minimum absolute atomic E-state index is 0.174. The van der Waals surface area contributed by atoms with Crippen molar-refractivity contribution >= 4 is 16.8 Å². The van der Waals surface area contributed by atoms with E-state index >= 15 is 0 Å². The molecule has 0 saturated heterocycles. The molecule has 0 atom stereocenters. The van der Waals surface area contributed by atoms with Gasteiger partial charge in [-0.15, -0.1) is 0 Å². The fraction of sp³-hybridized carbons (Fsp3) is 0.238. The zero-order valence-corrected chi connectivity index (χ0v) is 14.2. The maximum Gasteiger partial charge on any atom is 0.259 e. The number of carbonyl (C=O) groups excluding carboxylic acids is 1. The molecule has 1 amide bonds. The molecule has 2 aromatic carbocycles. The maximum absolute atomic E-state index is 13.1. The topological polar surface area (TPSA) is 42.3 Å². The average molecular weight is 332 g/mol. The second-order valence-corrected chi connectivity index (χ2v) is 6.42. The molecule has 4 nitrogen and oxygen atoms in total. The van der Waals surface area contributed by atoms with E-state index in [0.29, 0.717) is 25.0 Å². The van der Waals surface area contributed by atoms with E-state index in [9.17, 15) is 9.59 Å². The van der Waals surface area contributed by atoms with Gasteiger partial charge < -0.3 is 9.47 Å². The van der Waals surface area contributed by atoms with Crippen molar-refractivity contribution in [2.45, 2.75) is 26.4 Å². The highest BCUT2D eigenvalue weighted by molar-refractivity contribution is 5.97. The highest BCUT2D eigenvalue weighted by Crippen LogP contribution is 2.20. The third-order valence-electron chi connectivity index (χ3n) is 4.98. The zero-order valence-electron chi connectivity index (χ0n) is 14.2. The number of carbonyl (C=O) groups is 1. The summed E-state index contributed by atoms with van der Waals surface area (Å²) in [5.74, 6) is -0.174. The molecular weight excluding hydrogens is 312 g/mol. The summed E-state index contributed by atoms with van der Waals surface area (Å²) in [6, 6.07) is 15.7. The van der Waals surface area contributed by atoms with E-state index in [4.69, 9.17) is 0 Å². The van der Waals surface area contributed by atoms with Crippen LogP contribution in [-0.4, -0.2) is 21.9 Å². The van der Waals surface area contributed by atoms with Crippen molar-refractivity contribution in [1.82, 2.24) is 9.47 Å². The van der Waals surface area contributed by atoms with E-state index in [1.54, 1.807) is 17.2 Å². The number of benzene rings is 2. The number of aromatic nitrogens is 1. The molecule has 1 aromatic heterocycles. The lowest BCUT2D eigenvalue weighted by Crippen LogP contribution is -2.38. The van der Waals surface area contributed by atoms with Gasteiger partial charge in [-0.05, 0) is 36.6 Å². The molecule has 0 unspecified atom stereocenters. The summed E-state index contributed by atoms with van der Waals surface area (Å²) in [7, 11) is 0. The Balaban J connectivity index is 1.76. The lowest BCUT2D eigenvalue weighted by atomic mass is 9.99. The van der Waals surface area contributed by atoms with E-state index < -0.39 is 0 Å². The number of hydrogen-bond acceptors (Lipinski definition) is 2. The van der Waals surface area contributed by atoms with Crippen molar-refractivity contribution in [3.8, 4) is 0 Å². The highest BCUT2D eigenvalue weighted by Gasteiger charge is 2.24. The molecule has 0 spiro atoms. The Kier molecular flexibility index (Phi) is 3.88.